The van der Waals surface area contributed by atoms with Crippen LogP contribution in [-0.2, 0) is 10.8 Å². The van der Waals surface area contributed by atoms with E-state index in [2.05, 4.69) is 70.2 Å². The predicted octanol–water partition coefficient (Wildman–Crippen LogP) is 7.13. The van der Waals surface area contributed by atoms with Crippen molar-refractivity contribution in [2.24, 2.45) is 0 Å². The van der Waals surface area contributed by atoms with Crippen molar-refractivity contribution >= 4 is 28.5 Å². The van der Waals surface area contributed by atoms with Crippen LogP contribution in [0, 0.1) is 5.41 Å². The summed E-state index contributed by atoms with van der Waals surface area (Å²) in [5.74, 6) is 0.173. The third kappa shape index (κ3) is 5.35. The SMILES string of the molecule is CC(C)(c1ccccc1)c1cc(N)c(O)c(C(C)(C)c2ccccc2)c1.N=C1C=CC=CC1=S. The lowest BCUT2D eigenvalue weighted by molar-refractivity contribution is 0.454. The number of aromatic hydroxyl groups is 1. The Labute approximate surface area is 208 Å². The maximum atomic E-state index is 10.7. The van der Waals surface area contributed by atoms with Crippen LogP contribution in [0.4, 0.5) is 5.69 Å². The second-order valence-electron chi connectivity index (χ2n) is 9.44. The van der Waals surface area contributed by atoms with Crippen LogP contribution in [0.5, 0.6) is 5.75 Å². The Hall–Kier alpha value is -3.50. The highest BCUT2D eigenvalue weighted by Crippen LogP contribution is 2.43. The zero-order chi connectivity index (χ0) is 24.9. The average Bonchev–Trinajstić information content (AvgIpc) is 2.84. The molecule has 1 aliphatic carbocycles. The lowest BCUT2D eigenvalue weighted by atomic mass is 9.72. The van der Waals surface area contributed by atoms with Gasteiger partial charge in [0.15, 0.2) is 0 Å². The highest BCUT2D eigenvalue weighted by Gasteiger charge is 2.31. The molecule has 174 valence electrons. The van der Waals surface area contributed by atoms with E-state index in [0.717, 1.165) is 16.7 Å². The quantitative estimate of drug-likeness (QED) is 0.217. The Morgan fingerprint density at radius 3 is 1.71 bits per heavy atom. The molecule has 0 heterocycles. The van der Waals surface area contributed by atoms with Gasteiger partial charge in [0.25, 0.3) is 0 Å². The van der Waals surface area contributed by atoms with Crippen LogP contribution in [0.3, 0.4) is 0 Å². The monoisotopic (exact) mass is 468 g/mol. The van der Waals surface area contributed by atoms with Crippen molar-refractivity contribution in [3.05, 3.63) is 119 Å². The van der Waals surface area contributed by atoms with Gasteiger partial charge in [0.05, 0.1) is 16.3 Å². The molecule has 0 saturated heterocycles. The number of nitrogens with one attached hydrogen (secondary N) is 1. The maximum absolute atomic E-state index is 10.7. The van der Waals surface area contributed by atoms with Gasteiger partial charge in [-0.3, -0.25) is 5.41 Å². The summed E-state index contributed by atoms with van der Waals surface area (Å²) in [7, 11) is 0. The minimum absolute atomic E-state index is 0.173. The van der Waals surface area contributed by atoms with Crippen LogP contribution in [0.1, 0.15) is 49.9 Å². The number of benzene rings is 3. The van der Waals surface area contributed by atoms with Gasteiger partial charge in [-0.25, -0.2) is 0 Å². The van der Waals surface area contributed by atoms with Gasteiger partial charge in [0, 0.05) is 16.4 Å². The molecular formula is C30H32N2OS. The number of allylic oxidation sites excluding steroid dienone is 4. The molecule has 4 heteroatoms. The van der Waals surface area contributed by atoms with E-state index < -0.39 is 0 Å². The highest BCUT2D eigenvalue weighted by atomic mass is 32.1. The zero-order valence-corrected chi connectivity index (χ0v) is 21.0. The van der Waals surface area contributed by atoms with Gasteiger partial charge >= 0.3 is 0 Å². The van der Waals surface area contributed by atoms with E-state index in [0.29, 0.717) is 16.3 Å². The third-order valence-corrected chi connectivity index (χ3v) is 6.77. The van der Waals surface area contributed by atoms with Crippen LogP contribution < -0.4 is 5.73 Å². The average molecular weight is 469 g/mol. The van der Waals surface area contributed by atoms with E-state index in [-0.39, 0.29) is 16.6 Å². The van der Waals surface area contributed by atoms with Crippen molar-refractivity contribution in [1.82, 2.24) is 0 Å². The van der Waals surface area contributed by atoms with Crippen LogP contribution in [0.2, 0.25) is 0 Å². The van der Waals surface area contributed by atoms with Crippen LogP contribution >= 0.6 is 12.2 Å². The second kappa shape index (κ2) is 10.2. The number of anilines is 1. The topological polar surface area (TPSA) is 70.1 Å². The van der Waals surface area contributed by atoms with Gasteiger partial charge in [0.1, 0.15) is 5.75 Å². The van der Waals surface area contributed by atoms with Gasteiger partial charge in [-0.15, -0.1) is 0 Å². The van der Waals surface area contributed by atoms with Crippen molar-refractivity contribution in [2.45, 2.75) is 38.5 Å². The number of phenols is 1. The van der Waals surface area contributed by atoms with Crippen molar-refractivity contribution in [3.63, 3.8) is 0 Å². The normalized spacial score (nSPS) is 13.4. The van der Waals surface area contributed by atoms with E-state index in [4.69, 9.17) is 23.4 Å². The molecule has 3 aromatic rings. The summed E-state index contributed by atoms with van der Waals surface area (Å²) in [4.78, 5) is 0.618. The van der Waals surface area contributed by atoms with E-state index in [9.17, 15) is 5.11 Å². The summed E-state index contributed by atoms with van der Waals surface area (Å²) in [6, 6.07) is 24.6. The molecule has 1 aliphatic rings. The molecule has 0 bridgehead atoms. The van der Waals surface area contributed by atoms with Gasteiger partial charge < -0.3 is 10.8 Å². The second-order valence-corrected chi connectivity index (χ2v) is 9.88. The Kier molecular flexibility index (Phi) is 7.53. The van der Waals surface area contributed by atoms with E-state index in [1.54, 1.807) is 18.2 Å². The van der Waals surface area contributed by atoms with Gasteiger partial charge in [-0.2, -0.15) is 0 Å². The van der Waals surface area contributed by atoms with Crippen LogP contribution in [0.25, 0.3) is 0 Å². The first-order valence-electron chi connectivity index (χ1n) is 11.3. The molecule has 0 radical (unpaired) electrons. The number of nitrogen functional groups attached to an aromatic ring is 1. The fourth-order valence-corrected chi connectivity index (χ4v) is 4.14. The molecule has 0 amide bonds. The standard InChI is InChI=1S/C24H27NO.C6H5NS/c1-23(2,17-11-7-5-8-12-17)19-15-20(22(26)21(25)16-19)24(3,4)18-13-9-6-10-14-18;7-5-3-1-2-4-6(5)8/h5-16,26H,25H2,1-4H3;1-4,7H. The van der Waals surface area contributed by atoms with E-state index >= 15 is 0 Å². The lowest BCUT2D eigenvalue weighted by Gasteiger charge is -2.32. The molecule has 4 N–H and O–H groups in total. The van der Waals surface area contributed by atoms with Crippen molar-refractivity contribution in [3.8, 4) is 5.75 Å². The van der Waals surface area contributed by atoms with Gasteiger partial charge in [-0.05, 0) is 34.9 Å². The van der Waals surface area contributed by atoms with Crippen molar-refractivity contribution < 1.29 is 5.11 Å². The summed E-state index contributed by atoms with van der Waals surface area (Å²) in [6.07, 6.45) is 7.07. The predicted molar refractivity (Wildman–Crippen MR) is 148 cm³/mol. The molecule has 0 fully saturated rings. The molecule has 0 atom stereocenters. The highest BCUT2D eigenvalue weighted by molar-refractivity contribution is 7.82. The van der Waals surface area contributed by atoms with Gasteiger partial charge in [-0.1, -0.05) is 119 Å². The summed E-state index contributed by atoms with van der Waals surface area (Å²) in [5.41, 5.74) is 10.8. The third-order valence-electron chi connectivity index (χ3n) is 6.41. The largest absolute Gasteiger partial charge is 0.505 e. The summed E-state index contributed by atoms with van der Waals surface area (Å²) >= 11 is 4.77. The Morgan fingerprint density at radius 2 is 1.24 bits per heavy atom. The minimum atomic E-state index is -0.359. The molecule has 3 aromatic carbocycles. The molecule has 0 unspecified atom stereocenters. The number of thiocarbonyl (C=S) groups is 1. The zero-order valence-electron chi connectivity index (χ0n) is 20.2. The number of hydrogen-bond donors (Lipinski definition) is 3. The first kappa shape index (κ1) is 25.1. The van der Waals surface area contributed by atoms with Crippen molar-refractivity contribution in [1.29, 1.82) is 5.41 Å². The minimum Gasteiger partial charge on any atom is -0.505 e. The molecule has 0 aromatic heterocycles. The Balaban J connectivity index is 0.000000343. The van der Waals surface area contributed by atoms with E-state index in [1.807, 2.05) is 36.4 Å². The fraction of sp³-hybridized carbons (Fsp3) is 0.200. The Morgan fingerprint density at radius 1 is 0.735 bits per heavy atom. The summed E-state index contributed by atoms with van der Waals surface area (Å²) in [5, 5.41) is 17.8. The lowest BCUT2D eigenvalue weighted by Crippen LogP contribution is -2.23. The first-order chi connectivity index (χ1) is 16.0. The summed E-state index contributed by atoms with van der Waals surface area (Å²) in [6.45, 7) is 8.62. The Bertz CT molecular complexity index is 1220. The summed E-state index contributed by atoms with van der Waals surface area (Å²) < 4.78 is 0. The smallest absolute Gasteiger partial charge is 0.142 e. The molecule has 34 heavy (non-hydrogen) atoms. The van der Waals surface area contributed by atoms with Crippen LogP contribution in [0.15, 0.2) is 97.1 Å². The van der Waals surface area contributed by atoms with Gasteiger partial charge in [0.2, 0.25) is 0 Å². The molecule has 0 spiro atoms. The molecule has 0 saturated carbocycles. The first-order valence-corrected chi connectivity index (χ1v) is 11.7. The fourth-order valence-electron chi connectivity index (χ4n) is 3.99. The van der Waals surface area contributed by atoms with Crippen molar-refractivity contribution in [2.75, 3.05) is 5.73 Å². The number of hydrogen-bond acceptors (Lipinski definition) is 4. The molecule has 4 rings (SSSR count). The van der Waals surface area contributed by atoms with Crippen LogP contribution in [-0.4, -0.2) is 15.7 Å². The number of nitrogens with two attached hydrogens (primary N) is 1. The number of phenolic OH excluding ortho intramolecular Hbond substituents is 1. The molecule has 3 nitrogen and oxygen atoms in total. The van der Waals surface area contributed by atoms with E-state index in [1.165, 1.54) is 5.56 Å². The molecule has 0 aliphatic heterocycles. The number of rotatable bonds is 4. The maximum Gasteiger partial charge on any atom is 0.142 e. The molecular weight excluding hydrogens is 436 g/mol.